The lowest BCUT2D eigenvalue weighted by Crippen LogP contribution is -2.28. The summed E-state index contributed by atoms with van der Waals surface area (Å²) in [5.74, 6) is -0.500. The standard InChI is InChI=1S/C11H14FNO2/c12-9-5-7(14)3-4-8(9)10(13)11(15)6-1-2-6/h3-6,10-11,14-15H,1-2,13H2/t10-,11+/m0/s1. The number of benzene rings is 1. The number of phenols is 1. The van der Waals surface area contributed by atoms with Gasteiger partial charge in [-0.2, -0.15) is 0 Å². The fourth-order valence-electron chi connectivity index (χ4n) is 1.70. The van der Waals surface area contributed by atoms with E-state index in [0.717, 1.165) is 18.9 Å². The minimum atomic E-state index is -0.710. The third kappa shape index (κ3) is 2.11. The molecule has 1 saturated carbocycles. The van der Waals surface area contributed by atoms with E-state index in [1.165, 1.54) is 12.1 Å². The summed E-state index contributed by atoms with van der Waals surface area (Å²) < 4.78 is 13.4. The highest BCUT2D eigenvalue weighted by Gasteiger charge is 2.35. The molecule has 3 nitrogen and oxygen atoms in total. The molecule has 0 heterocycles. The van der Waals surface area contributed by atoms with Gasteiger partial charge in [0.25, 0.3) is 0 Å². The summed E-state index contributed by atoms with van der Waals surface area (Å²) >= 11 is 0. The first-order valence-electron chi connectivity index (χ1n) is 5.01. The van der Waals surface area contributed by atoms with Crippen molar-refractivity contribution in [1.29, 1.82) is 0 Å². The first-order chi connectivity index (χ1) is 7.09. The lowest BCUT2D eigenvalue weighted by Gasteiger charge is -2.19. The van der Waals surface area contributed by atoms with Crippen LogP contribution in [0.25, 0.3) is 0 Å². The first kappa shape index (κ1) is 10.4. The molecular weight excluding hydrogens is 197 g/mol. The zero-order chi connectivity index (χ0) is 11.0. The van der Waals surface area contributed by atoms with E-state index in [0.29, 0.717) is 0 Å². The van der Waals surface area contributed by atoms with E-state index in [2.05, 4.69) is 0 Å². The summed E-state index contributed by atoms with van der Waals surface area (Å²) in [6, 6.07) is 3.09. The molecule has 0 amide bonds. The molecule has 0 radical (unpaired) electrons. The normalized spacial score (nSPS) is 19.9. The highest BCUT2D eigenvalue weighted by atomic mass is 19.1. The number of aromatic hydroxyl groups is 1. The van der Waals surface area contributed by atoms with Gasteiger partial charge >= 0.3 is 0 Å². The van der Waals surface area contributed by atoms with Crippen LogP contribution in [0.4, 0.5) is 4.39 Å². The van der Waals surface area contributed by atoms with Crippen molar-refractivity contribution in [3.63, 3.8) is 0 Å². The molecule has 0 bridgehead atoms. The maximum atomic E-state index is 13.4. The Morgan fingerprint density at radius 2 is 2.07 bits per heavy atom. The molecule has 1 fully saturated rings. The van der Waals surface area contributed by atoms with Gasteiger partial charge in [0.05, 0.1) is 12.1 Å². The van der Waals surface area contributed by atoms with Crippen LogP contribution in [0.2, 0.25) is 0 Å². The second-order valence-corrected chi connectivity index (χ2v) is 4.06. The number of nitrogens with two attached hydrogens (primary N) is 1. The quantitative estimate of drug-likeness (QED) is 0.706. The second kappa shape index (κ2) is 3.79. The molecule has 2 rings (SSSR count). The van der Waals surface area contributed by atoms with Crippen LogP contribution in [0.3, 0.4) is 0 Å². The van der Waals surface area contributed by atoms with Crippen LogP contribution >= 0.6 is 0 Å². The van der Waals surface area contributed by atoms with Crippen LogP contribution in [0.15, 0.2) is 18.2 Å². The van der Waals surface area contributed by atoms with Crippen LogP contribution < -0.4 is 5.73 Å². The predicted octanol–water partition coefficient (Wildman–Crippen LogP) is 1.30. The van der Waals surface area contributed by atoms with Crippen molar-refractivity contribution in [2.45, 2.75) is 25.0 Å². The number of hydrogen-bond acceptors (Lipinski definition) is 3. The first-order valence-corrected chi connectivity index (χ1v) is 5.01. The Morgan fingerprint density at radius 3 is 2.60 bits per heavy atom. The number of aliphatic hydroxyl groups excluding tert-OH is 1. The minimum Gasteiger partial charge on any atom is -0.508 e. The molecular formula is C11H14FNO2. The largest absolute Gasteiger partial charge is 0.508 e. The zero-order valence-corrected chi connectivity index (χ0v) is 8.23. The molecule has 0 aromatic heterocycles. The Hall–Kier alpha value is -1.13. The molecule has 15 heavy (non-hydrogen) atoms. The van der Waals surface area contributed by atoms with Gasteiger partial charge in [-0.1, -0.05) is 6.07 Å². The lowest BCUT2D eigenvalue weighted by atomic mass is 9.98. The molecule has 1 aromatic carbocycles. The van der Waals surface area contributed by atoms with Crippen molar-refractivity contribution in [1.82, 2.24) is 0 Å². The summed E-state index contributed by atoms with van der Waals surface area (Å²) in [5.41, 5.74) is 6.02. The Bertz CT molecular complexity index is 366. The van der Waals surface area contributed by atoms with E-state index in [1.807, 2.05) is 0 Å². The average molecular weight is 211 g/mol. The molecule has 0 aliphatic heterocycles. The number of halogens is 1. The molecule has 4 heteroatoms. The van der Waals surface area contributed by atoms with Crippen LogP contribution in [-0.4, -0.2) is 16.3 Å². The van der Waals surface area contributed by atoms with E-state index in [4.69, 9.17) is 10.8 Å². The highest BCUT2D eigenvalue weighted by Crippen LogP contribution is 2.37. The van der Waals surface area contributed by atoms with Gasteiger partial charge in [-0.3, -0.25) is 0 Å². The van der Waals surface area contributed by atoms with E-state index in [1.54, 1.807) is 0 Å². The van der Waals surface area contributed by atoms with Gasteiger partial charge in [-0.15, -0.1) is 0 Å². The summed E-state index contributed by atoms with van der Waals surface area (Å²) in [6.45, 7) is 0. The molecule has 4 N–H and O–H groups in total. The lowest BCUT2D eigenvalue weighted by molar-refractivity contribution is 0.121. The molecule has 2 atom stereocenters. The molecule has 0 unspecified atom stereocenters. The summed E-state index contributed by atoms with van der Waals surface area (Å²) in [7, 11) is 0. The van der Waals surface area contributed by atoms with Crippen molar-refractivity contribution in [2.24, 2.45) is 11.7 Å². The van der Waals surface area contributed by atoms with Crippen molar-refractivity contribution < 1.29 is 14.6 Å². The SMILES string of the molecule is N[C@@H](c1ccc(O)cc1F)[C@H](O)C1CC1. The van der Waals surface area contributed by atoms with Crippen molar-refractivity contribution in [3.05, 3.63) is 29.6 Å². The molecule has 1 aliphatic carbocycles. The van der Waals surface area contributed by atoms with Gasteiger partial charge in [0.1, 0.15) is 11.6 Å². The van der Waals surface area contributed by atoms with Gasteiger partial charge in [0, 0.05) is 11.6 Å². The third-order valence-corrected chi connectivity index (χ3v) is 2.82. The van der Waals surface area contributed by atoms with Crippen molar-refractivity contribution in [3.8, 4) is 5.75 Å². The van der Waals surface area contributed by atoms with E-state index in [-0.39, 0.29) is 17.2 Å². The summed E-state index contributed by atoms with van der Waals surface area (Å²) in [6.07, 6.45) is 1.22. The Morgan fingerprint density at radius 1 is 1.40 bits per heavy atom. The summed E-state index contributed by atoms with van der Waals surface area (Å²) in [5, 5.41) is 18.8. The number of hydrogen-bond donors (Lipinski definition) is 3. The number of aliphatic hydroxyl groups is 1. The van der Waals surface area contributed by atoms with Crippen LogP contribution in [0.1, 0.15) is 24.4 Å². The van der Waals surface area contributed by atoms with Crippen molar-refractivity contribution in [2.75, 3.05) is 0 Å². The number of rotatable bonds is 3. The maximum Gasteiger partial charge on any atom is 0.131 e. The van der Waals surface area contributed by atoms with Gasteiger partial charge in [0.15, 0.2) is 0 Å². The van der Waals surface area contributed by atoms with Crippen LogP contribution in [0.5, 0.6) is 5.75 Å². The van der Waals surface area contributed by atoms with Gasteiger partial charge in [0.2, 0.25) is 0 Å². The molecule has 1 aliphatic rings. The predicted molar refractivity (Wildman–Crippen MR) is 53.7 cm³/mol. The Kier molecular flexibility index (Phi) is 2.63. The molecule has 0 saturated heterocycles. The van der Waals surface area contributed by atoms with Gasteiger partial charge in [-0.25, -0.2) is 4.39 Å². The van der Waals surface area contributed by atoms with Crippen LogP contribution in [-0.2, 0) is 0 Å². The fourth-order valence-corrected chi connectivity index (χ4v) is 1.70. The Balaban J connectivity index is 2.20. The minimum absolute atomic E-state index is 0.135. The second-order valence-electron chi connectivity index (χ2n) is 4.06. The third-order valence-electron chi connectivity index (χ3n) is 2.82. The topological polar surface area (TPSA) is 66.5 Å². The van der Waals surface area contributed by atoms with E-state index < -0.39 is 18.0 Å². The monoisotopic (exact) mass is 211 g/mol. The molecule has 82 valence electrons. The average Bonchev–Trinajstić information content (AvgIpc) is 2.99. The maximum absolute atomic E-state index is 13.4. The van der Waals surface area contributed by atoms with Gasteiger partial charge in [-0.05, 0) is 24.8 Å². The number of phenolic OH excluding ortho intramolecular Hbond substituents is 1. The molecule has 0 spiro atoms. The van der Waals surface area contributed by atoms with E-state index >= 15 is 0 Å². The zero-order valence-electron chi connectivity index (χ0n) is 8.23. The van der Waals surface area contributed by atoms with Gasteiger partial charge < -0.3 is 15.9 Å². The fraction of sp³-hybridized carbons (Fsp3) is 0.455. The Labute approximate surface area is 87.3 Å². The van der Waals surface area contributed by atoms with E-state index in [9.17, 15) is 9.50 Å². The summed E-state index contributed by atoms with van der Waals surface area (Å²) in [4.78, 5) is 0. The molecule has 1 aromatic rings. The van der Waals surface area contributed by atoms with Crippen molar-refractivity contribution >= 4 is 0 Å². The van der Waals surface area contributed by atoms with Crippen LogP contribution in [0, 0.1) is 11.7 Å². The highest BCUT2D eigenvalue weighted by molar-refractivity contribution is 5.30. The smallest absolute Gasteiger partial charge is 0.131 e.